The summed E-state index contributed by atoms with van der Waals surface area (Å²) in [5.74, 6) is 0.435. The van der Waals surface area contributed by atoms with Crippen LogP contribution in [-0.2, 0) is 4.79 Å². The third-order valence-electron chi connectivity index (χ3n) is 6.91. The summed E-state index contributed by atoms with van der Waals surface area (Å²) in [6.07, 6.45) is 31.3. The van der Waals surface area contributed by atoms with Crippen LogP contribution in [-0.4, -0.2) is 23.9 Å². The molecule has 0 aromatic heterocycles. The van der Waals surface area contributed by atoms with Crippen molar-refractivity contribution in [3.05, 3.63) is 0 Å². The molecule has 1 amide bonds. The van der Waals surface area contributed by atoms with Crippen molar-refractivity contribution in [1.82, 2.24) is 4.90 Å². The molecular weight excluding hydrogens is 390 g/mol. The molecule has 0 bridgehead atoms. The molecule has 0 N–H and O–H groups in total. The highest BCUT2D eigenvalue weighted by molar-refractivity contribution is 5.76. The van der Waals surface area contributed by atoms with E-state index in [4.69, 9.17) is 0 Å². The predicted octanol–water partition coefficient (Wildman–Crippen LogP) is 10.2. The Morgan fingerprint density at radius 2 is 0.688 bits per heavy atom. The van der Waals surface area contributed by atoms with Crippen molar-refractivity contribution in [3.63, 3.8) is 0 Å². The van der Waals surface area contributed by atoms with E-state index >= 15 is 0 Å². The highest BCUT2D eigenvalue weighted by atomic mass is 16.2. The van der Waals surface area contributed by atoms with Crippen LogP contribution < -0.4 is 0 Å². The van der Waals surface area contributed by atoms with Gasteiger partial charge in [-0.2, -0.15) is 0 Å². The van der Waals surface area contributed by atoms with Gasteiger partial charge in [-0.15, -0.1) is 0 Å². The average Bonchev–Trinajstić information content (AvgIpc) is 2.80. The molecule has 2 heteroatoms. The first-order valence-electron chi connectivity index (χ1n) is 15.0. The topological polar surface area (TPSA) is 20.3 Å². The quantitative estimate of drug-likeness (QED) is 0.120. The Balaban J connectivity index is 4.04. The van der Waals surface area contributed by atoms with Crippen molar-refractivity contribution in [2.75, 3.05) is 13.1 Å². The van der Waals surface area contributed by atoms with E-state index in [0.717, 1.165) is 25.9 Å². The van der Waals surface area contributed by atoms with Crippen LogP contribution in [0.3, 0.4) is 0 Å². The van der Waals surface area contributed by atoms with Crippen molar-refractivity contribution in [3.8, 4) is 0 Å². The van der Waals surface area contributed by atoms with Crippen LogP contribution >= 0.6 is 0 Å². The minimum Gasteiger partial charge on any atom is -0.343 e. The van der Waals surface area contributed by atoms with E-state index in [-0.39, 0.29) is 0 Å². The highest BCUT2D eigenvalue weighted by Crippen LogP contribution is 2.14. The largest absolute Gasteiger partial charge is 0.343 e. The molecular formula is C30H61NO. The van der Waals surface area contributed by atoms with E-state index in [1.54, 1.807) is 0 Å². The van der Waals surface area contributed by atoms with Gasteiger partial charge in [-0.25, -0.2) is 0 Å². The first-order valence-corrected chi connectivity index (χ1v) is 15.0. The number of nitrogens with zero attached hydrogens (tertiary/aromatic N) is 1. The molecule has 0 rings (SSSR count). The third kappa shape index (κ3) is 22.7. The maximum Gasteiger partial charge on any atom is 0.222 e. The maximum absolute atomic E-state index is 12.9. The second-order valence-corrected chi connectivity index (χ2v) is 10.2. The molecule has 0 saturated carbocycles. The van der Waals surface area contributed by atoms with E-state index in [0.29, 0.717) is 5.91 Å². The van der Waals surface area contributed by atoms with Crippen molar-refractivity contribution >= 4 is 5.91 Å². The van der Waals surface area contributed by atoms with Crippen molar-refractivity contribution in [1.29, 1.82) is 0 Å². The zero-order valence-corrected chi connectivity index (χ0v) is 22.7. The molecule has 32 heavy (non-hydrogen) atoms. The van der Waals surface area contributed by atoms with E-state index in [1.807, 2.05) is 0 Å². The summed E-state index contributed by atoms with van der Waals surface area (Å²) < 4.78 is 0. The average molecular weight is 452 g/mol. The van der Waals surface area contributed by atoms with Crippen LogP contribution in [0.2, 0.25) is 0 Å². The molecule has 0 spiro atoms. The fourth-order valence-electron chi connectivity index (χ4n) is 4.63. The lowest BCUT2D eigenvalue weighted by Crippen LogP contribution is -2.32. The Kier molecular flexibility index (Phi) is 26.3. The molecule has 0 aliphatic carbocycles. The van der Waals surface area contributed by atoms with E-state index < -0.39 is 0 Å². The van der Waals surface area contributed by atoms with Gasteiger partial charge in [0, 0.05) is 19.5 Å². The summed E-state index contributed by atoms with van der Waals surface area (Å²) in [7, 11) is 0. The molecule has 0 atom stereocenters. The van der Waals surface area contributed by atoms with Crippen molar-refractivity contribution in [2.24, 2.45) is 0 Å². The lowest BCUT2D eigenvalue weighted by Gasteiger charge is -2.23. The Bertz CT molecular complexity index is 348. The first-order chi connectivity index (χ1) is 15.8. The van der Waals surface area contributed by atoms with Crippen LogP contribution in [0.15, 0.2) is 0 Å². The van der Waals surface area contributed by atoms with Gasteiger partial charge in [-0.3, -0.25) is 4.79 Å². The number of hydrogen-bond acceptors (Lipinski definition) is 1. The van der Waals surface area contributed by atoms with Gasteiger partial charge < -0.3 is 4.90 Å². The van der Waals surface area contributed by atoms with Crippen LogP contribution in [0.25, 0.3) is 0 Å². The minimum absolute atomic E-state index is 0.435. The lowest BCUT2D eigenvalue weighted by atomic mass is 10.1. The number of carbonyl (C=O) groups is 1. The smallest absolute Gasteiger partial charge is 0.222 e. The molecule has 0 aromatic carbocycles. The van der Waals surface area contributed by atoms with Gasteiger partial charge in [0.1, 0.15) is 0 Å². The van der Waals surface area contributed by atoms with Crippen LogP contribution in [0, 0.1) is 0 Å². The van der Waals surface area contributed by atoms with E-state index in [1.165, 1.54) is 141 Å². The van der Waals surface area contributed by atoms with Crippen molar-refractivity contribution < 1.29 is 4.79 Å². The predicted molar refractivity (Wildman–Crippen MR) is 144 cm³/mol. The summed E-state index contributed by atoms with van der Waals surface area (Å²) in [6, 6.07) is 0. The van der Waals surface area contributed by atoms with Gasteiger partial charge >= 0.3 is 0 Å². The van der Waals surface area contributed by atoms with Gasteiger partial charge in [-0.05, 0) is 19.3 Å². The molecule has 0 aromatic rings. The summed E-state index contributed by atoms with van der Waals surface area (Å²) >= 11 is 0. The fourth-order valence-corrected chi connectivity index (χ4v) is 4.63. The Labute approximate surface area is 203 Å². The van der Waals surface area contributed by atoms with E-state index in [2.05, 4.69) is 25.7 Å². The molecule has 0 aliphatic heterocycles. The fraction of sp³-hybridized carbons (Fsp3) is 0.967. The monoisotopic (exact) mass is 451 g/mol. The van der Waals surface area contributed by atoms with Gasteiger partial charge in [0.2, 0.25) is 5.91 Å². The maximum atomic E-state index is 12.9. The second-order valence-electron chi connectivity index (χ2n) is 10.2. The number of rotatable bonds is 26. The Morgan fingerprint density at radius 3 is 1.03 bits per heavy atom. The van der Waals surface area contributed by atoms with Gasteiger partial charge in [0.25, 0.3) is 0 Å². The van der Waals surface area contributed by atoms with Crippen LogP contribution in [0.1, 0.15) is 175 Å². The SMILES string of the molecule is CCCCCCCCCCN(CCCCCCCCCC)C(=O)CCCCCCCCC. The van der Waals surface area contributed by atoms with Crippen LogP contribution in [0.5, 0.6) is 0 Å². The summed E-state index contributed by atoms with van der Waals surface area (Å²) in [5, 5.41) is 0. The normalized spacial score (nSPS) is 11.2. The molecule has 0 aliphatic rings. The van der Waals surface area contributed by atoms with Crippen LogP contribution in [0.4, 0.5) is 0 Å². The zero-order chi connectivity index (χ0) is 23.5. The first kappa shape index (κ1) is 31.5. The minimum atomic E-state index is 0.435. The Morgan fingerprint density at radius 1 is 0.406 bits per heavy atom. The van der Waals surface area contributed by atoms with Crippen molar-refractivity contribution in [2.45, 2.75) is 175 Å². The second kappa shape index (κ2) is 26.7. The standard InChI is InChI=1S/C30H61NO/c1-4-7-10-13-16-19-22-25-28-31(29-26-23-20-17-14-11-8-5-2)30(32)27-24-21-18-15-12-9-6-3/h4-29H2,1-3H3. The van der Waals surface area contributed by atoms with Gasteiger partial charge in [0.05, 0.1) is 0 Å². The summed E-state index contributed by atoms with van der Waals surface area (Å²) in [4.78, 5) is 15.1. The Hall–Kier alpha value is -0.530. The van der Waals surface area contributed by atoms with Gasteiger partial charge in [-0.1, -0.05) is 149 Å². The number of hydrogen-bond donors (Lipinski definition) is 0. The molecule has 0 heterocycles. The molecule has 0 saturated heterocycles. The highest BCUT2D eigenvalue weighted by Gasteiger charge is 2.12. The summed E-state index contributed by atoms with van der Waals surface area (Å²) in [5.41, 5.74) is 0. The zero-order valence-electron chi connectivity index (χ0n) is 22.7. The molecule has 0 unspecified atom stereocenters. The molecule has 192 valence electrons. The number of unbranched alkanes of at least 4 members (excludes halogenated alkanes) is 20. The molecule has 0 fully saturated rings. The number of amides is 1. The summed E-state index contributed by atoms with van der Waals surface area (Å²) in [6.45, 7) is 8.84. The molecule has 0 radical (unpaired) electrons. The lowest BCUT2D eigenvalue weighted by molar-refractivity contribution is -0.131. The third-order valence-corrected chi connectivity index (χ3v) is 6.91. The van der Waals surface area contributed by atoms with Gasteiger partial charge in [0.15, 0.2) is 0 Å². The number of carbonyl (C=O) groups excluding carboxylic acids is 1. The molecule has 2 nitrogen and oxygen atoms in total. The van der Waals surface area contributed by atoms with E-state index in [9.17, 15) is 4.79 Å².